The molecule has 0 aliphatic carbocycles. The molecule has 62 valence electrons. The van der Waals surface area contributed by atoms with Crippen LogP contribution >= 0.6 is 0 Å². The van der Waals surface area contributed by atoms with Crippen molar-refractivity contribution in [2.45, 2.75) is 31.9 Å². The molecule has 1 saturated heterocycles. The molecule has 1 fully saturated rings. The summed E-state index contributed by atoms with van der Waals surface area (Å²) in [4.78, 5) is 2.01. The molecule has 3 heteroatoms. The largest absolute Gasteiger partial charge is 0.392 e. The van der Waals surface area contributed by atoms with Gasteiger partial charge in [0.15, 0.2) is 0 Å². The lowest BCUT2D eigenvalue weighted by molar-refractivity contribution is 0.147. The van der Waals surface area contributed by atoms with Crippen molar-refractivity contribution in [2.75, 3.05) is 13.1 Å². The Morgan fingerprint density at radius 2 is 2.27 bits per heavy atom. The van der Waals surface area contributed by atoms with E-state index in [4.69, 9.17) is 5.26 Å². The normalized spacial score (nSPS) is 26.9. The first-order valence-electron chi connectivity index (χ1n) is 3.90. The molecule has 1 heterocycles. The first kappa shape index (κ1) is 8.51. The van der Waals surface area contributed by atoms with Gasteiger partial charge in [0.1, 0.15) is 5.54 Å². The highest BCUT2D eigenvalue weighted by molar-refractivity contribution is 5.03. The van der Waals surface area contributed by atoms with Crippen LogP contribution in [0.3, 0.4) is 0 Å². The van der Waals surface area contributed by atoms with Gasteiger partial charge in [0.2, 0.25) is 0 Å². The molecule has 1 atom stereocenters. The van der Waals surface area contributed by atoms with Crippen LogP contribution in [0.1, 0.15) is 20.3 Å². The topological polar surface area (TPSA) is 47.3 Å². The summed E-state index contributed by atoms with van der Waals surface area (Å²) in [5.74, 6) is 0. The van der Waals surface area contributed by atoms with Gasteiger partial charge < -0.3 is 5.11 Å². The van der Waals surface area contributed by atoms with Crippen LogP contribution in [0.5, 0.6) is 0 Å². The number of hydrogen-bond acceptors (Lipinski definition) is 3. The van der Waals surface area contributed by atoms with E-state index in [1.807, 2.05) is 18.7 Å². The van der Waals surface area contributed by atoms with E-state index in [0.717, 1.165) is 13.0 Å². The number of nitriles is 1. The standard InChI is InChI=1S/C8H14N2O/c1-8(2,6-9)10-4-3-7(11)5-10/h7,11H,3-5H2,1-2H3/t7-/m1/s1. The van der Waals surface area contributed by atoms with E-state index in [0.29, 0.717) is 6.54 Å². The third-order valence-corrected chi connectivity index (χ3v) is 2.23. The molecule has 0 aromatic carbocycles. The number of aliphatic hydroxyl groups is 1. The molecular formula is C8H14N2O. The zero-order chi connectivity index (χ0) is 8.48. The summed E-state index contributed by atoms with van der Waals surface area (Å²) in [6, 6.07) is 2.22. The van der Waals surface area contributed by atoms with E-state index < -0.39 is 5.54 Å². The number of nitrogens with zero attached hydrogens (tertiary/aromatic N) is 2. The summed E-state index contributed by atoms with van der Waals surface area (Å²) >= 11 is 0. The third-order valence-electron chi connectivity index (χ3n) is 2.23. The molecule has 1 rings (SSSR count). The van der Waals surface area contributed by atoms with E-state index >= 15 is 0 Å². The molecule has 0 unspecified atom stereocenters. The van der Waals surface area contributed by atoms with Crippen molar-refractivity contribution < 1.29 is 5.11 Å². The van der Waals surface area contributed by atoms with Gasteiger partial charge in [-0.15, -0.1) is 0 Å². The van der Waals surface area contributed by atoms with Gasteiger partial charge in [-0.2, -0.15) is 5.26 Å². The summed E-state index contributed by atoms with van der Waals surface area (Å²) < 4.78 is 0. The fraction of sp³-hybridized carbons (Fsp3) is 0.875. The number of β-amino-alcohol motifs (C(OH)–C–C–N with tert-alkyl or cyclic N) is 1. The molecule has 0 aromatic rings. The monoisotopic (exact) mass is 154 g/mol. The van der Waals surface area contributed by atoms with E-state index in [2.05, 4.69) is 6.07 Å². The molecule has 1 aliphatic heterocycles. The van der Waals surface area contributed by atoms with Gasteiger partial charge in [-0.1, -0.05) is 0 Å². The molecule has 11 heavy (non-hydrogen) atoms. The first-order chi connectivity index (χ1) is 5.06. The Labute approximate surface area is 67.2 Å². The SMILES string of the molecule is CC(C)(C#N)N1CC[C@@H](O)C1. The fourth-order valence-corrected chi connectivity index (χ4v) is 1.32. The molecule has 0 bridgehead atoms. The van der Waals surface area contributed by atoms with Crippen molar-refractivity contribution in [1.29, 1.82) is 5.26 Å². The van der Waals surface area contributed by atoms with Gasteiger partial charge in [-0.3, -0.25) is 4.90 Å². The molecule has 0 amide bonds. The Bertz CT molecular complexity index is 183. The second-order valence-corrected chi connectivity index (χ2v) is 3.56. The van der Waals surface area contributed by atoms with Crippen LogP contribution in [-0.2, 0) is 0 Å². The number of aliphatic hydroxyl groups excluding tert-OH is 1. The maximum Gasteiger partial charge on any atom is 0.103 e. The highest BCUT2D eigenvalue weighted by Gasteiger charge is 2.32. The Balaban J connectivity index is 2.57. The van der Waals surface area contributed by atoms with Crippen molar-refractivity contribution in [3.8, 4) is 6.07 Å². The fourth-order valence-electron chi connectivity index (χ4n) is 1.32. The molecule has 0 spiro atoms. The van der Waals surface area contributed by atoms with Crippen molar-refractivity contribution in [3.63, 3.8) is 0 Å². The maximum atomic E-state index is 9.21. The first-order valence-corrected chi connectivity index (χ1v) is 3.90. The number of rotatable bonds is 1. The minimum Gasteiger partial charge on any atom is -0.392 e. The number of likely N-dealkylation sites (tertiary alicyclic amines) is 1. The molecular weight excluding hydrogens is 140 g/mol. The van der Waals surface area contributed by atoms with Crippen molar-refractivity contribution in [2.24, 2.45) is 0 Å². The maximum absolute atomic E-state index is 9.21. The van der Waals surface area contributed by atoms with Gasteiger partial charge >= 0.3 is 0 Å². The summed E-state index contributed by atoms with van der Waals surface area (Å²) in [5, 5.41) is 18.0. The number of hydrogen-bond donors (Lipinski definition) is 1. The van der Waals surface area contributed by atoms with Crippen LogP contribution in [0.4, 0.5) is 0 Å². The van der Waals surface area contributed by atoms with Gasteiger partial charge in [0.05, 0.1) is 12.2 Å². The van der Waals surface area contributed by atoms with Crippen LogP contribution < -0.4 is 0 Å². The van der Waals surface area contributed by atoms with E-state index in [1.165, 1.54) is 0 Å². The average Bonchev–Trinajstić information content (AvgIpc) is 2.36. The summed E-state index contributed by atoms with van der Waals surface area (Å²) in [5.41, 5.74) is -0.419. The molecule has 0 saturated carbocycles. The van der Waals surface area contributed by atoms with Gasteiger partial charge in [0.25, 0.3) is 0 Å². The van der Waals surface area contributed by atoms with Gasteiger partial charge in [-0.25, -0.2) is 0 Å². The second-order valence-electron chi connectivity index (χ2n) is 3.56. The summed E-state index contributed by atoms with van der Waals surface area (Å²) in [6.07, 6.45) is 0.563. The summed E-state index contributed by atoms with van der Waals surface area (Å²) in [6.45, 7) is 5.23. The zero-order valence-electron chi connectivity index (χ0n) is 7.04. The lowest BCUT2D eigenvalue weighted by Gasteiger charge is -2.27. The minimum absolute atomic E-state index is 0.234. The van der Waals surface area contributed by atoms with E-state index in [1.54, 1.807) is 0 Å². The lowest BCUT2D eigenvalue weighted by Crippen LogP contribution is -2.41. The molecule has 0 aromatic heterocycles. The van der Waals surface area contributed by atoms with E-state index in [9.17, 15) is 5.11 Å². The van der Waals surface area contributed by atoms with Crippen LogP contribution in [0.15, 0.2) is 0 Å². The molecule has 1 N–H and O–H groups in total. The predicted octanol–water partition coefficient (Wildman–Crippen LogP) is 0.355. The van der Waals surface area contributed by atoms with Crippen LogP contribution in [0.2, 0.25) is 0 Å². The average molecular weight is 154 g/mol. The van der Waals surface area contributed by atoms with Gasteiger partial charge in [0, 0.05) is 13.1 Å². The minimum atomic E-state index is -0.419. The highest BCUT2D eigenvalue weighted by Crippen LogP contribution is 2.19. The smallest absolute Gasteiger partial charge is 0.103 e. The lowest BCUT2D eigenvalue weighted by atomic mass is 10.1. The molecule has 0 radical (unpaired) electrons. The Kier molecular flexibility index (Phi) is 2.17. The van der Waals surface area contributed by atoms with Crippen molar-refractivity contribution in [1.82, 2.24) is 4.90 Å². The van der Waals surface area contributed by atoms with Gasteiger partial charge in [-0.05, 0) is 20.3 Å². The van der Waals surface area contributed by atoms with Crippen LogP contribution in [-0.4, -0.2) is 34.7 Å². The zero-order valence-corrected chi connectivity index (χ0v) is 7.04. The van der Waals surface area contributed by atoms with E-state index in [-0.39, 0.29) is 6.10 Å². The van der Waals surface area contributed by atoms with Crippen LogP contribution in [0.25, 0.3) is 0 Å². The Morgan fingerprint density at radius 1 is 1.64 bits per heavy atom. The Morgan fingerprint density at radius 3 is 2.64 bits per heavy atom. The van der Waals surface area contributed by atoms with Crippen molar-refractivity contribution in [3.05, 3.63) is 0 Å². The quantitative estimate of drug-likeness (QED) is 0.593. The molecule has 3 nitrogen and oxygen atoms in total. The van der Waals surface area contributed by atoms with Crippen LogP contribution in [0, 0.1) is 11.3 Å². The second kappa shape index (κ2) is 2.80. The predicted molar refractivity (Wildman–Crippen MR) is 41.9 cm³/mol. The third kappa shape index (κ3) is 1.70. The molecule has 1 aliphatic rings. The summed E-state index contributed by atoms with van der Waals surface area (Å²) in [7, 11) is 0. The van der Waals surface area contributed by atoms with Crippen molar-refractivity contribution >= 4 is 0 Å². The Hall–Kier alpha value is -0.590. The highest BCUT2D eigenvalue weighted by atomic mass is 16.3.